The molecule has 1 aromatic heterocycles. The van der Waals surface area contributed by atoms with E-state index in [9.17, 15) is 0 Å². The fraction of sp³-hybridized carbons (Fsp3) is 0.500. The lowest BCUT2D eigenvalue weighted by atomic mass is 9.92. The largest absolute Gasteiger partial charge is 0.464 e. The topological polar surface area (TPSA) is 25.2 Å². The van der Waals surface area contributed by atoms with Gasteiger partial charge in [-0.2, -0.15) is 0 Å². The van der Waals surface area contributed by atoms with Crippen LogP contribution in [0.5, 0.6) is 0 Å². The van der Waals surface area contributed by atoms with Crippen molar-refractivity contribution in [1.29, 1.82) is 0 Å². The number of benzene rings is 1. The molecule has 0 amide bonds. The second-order valence-corrected chi connectivity index (χ2v) is 6.53. The van der Waals surface area contributed by atoms with Gasteiger partial charge in [0.2, 0.25) is 0 Å². The van der Waals surface area contributed by atoms with Crippen LogP contribution in [0.3, 0.4) is 0 Å². The van der Waals surface area contributed by atoms with Crippen LogP contribution >= 0.6 is 0 Å². The summed E-state index contributed by atoms with van der Waals surface area (Å²) in [6, 6.07) is 8.71. The van der Waals surface area contributed by atoms with E-state index in [-0.39, 0.29) is 0 Å². The summed E-state index contributed by atoms with van der Waals surface area (Å²) in [7, 11) is 0. The Hall–Kier alpha value is -1.96. The zero-order valence-electron chi connectivity index (χ0n) is 17.6. The number of unbranched alkanes of at least 4 members (excludes halogenated alkanes) is 1. The third-order valence-electron chi connectivity index (χ3n) is 4.54. The zero-order valence-corrected chi connectivity index (χ0v) is 17.6. The first-order valence-corrected chi connectivity index (χ1v) is 10.3. The van der Waals surface area contributed by atoms with E-state index in [0.29, 0.717) is 6.04 Å². The summed E-state index contributed by atoms with van der Waals surface area (Å²) >= 11 is 0. The molecule has 0 bridgehead atoms. The summed E-state index contributed by atoms with van der Waals surface area (Å²) in [6.07, 6.45) is 12.4. The van der Waals surface area contributed by atoms with Crippen LogP contribution < -0.4 is 5.32 Å². The molecule has 144 valence electrons. The quantitative estimate of drug-likeness (QED) is 0.585. The molecule has 1 aliphatic rings. The first-order valence-electron chi connectivity index (χ1n) is 10.3. The molecule has 1 aliphatic carbocycles. The molecule has 2 aromatic rings. The minimum atomic E-state index is 0.420. The van der Waals surface area contributed by atoms with E-state index in [0.717, 1.165) is 23.1 Å². The molecule has 0 aliphatic heterocycles. The average Bonchev–Trinajstić information content (AvgIpc) is 3.16. The van der Waals surface area contributed by atoms with Crippen molar-refractivity contribution in [2.45, 2.75) is 79.7 Å². The van der Waals surface area contributed by atoms with Gasteiger partial charge in [-0.1, -0.05) is 65.2 Å². The van der Waals surface area contributed by atoms with Crippen molar-refractivity contribution >= 4 is 16.7 Å². The molecule has 1 atom stereocenters. The van der Waals surface area contributed by atoms with Crippen LogP contribution in [0.25, 0.3) is 11.0 Å². The van der Waals surface area contributed by atoms with Crippen molar-refractivity contribution in [2.24, 2.45) is 0 Å². The molecule has 3 rings (SSSR count). The second-order valence-electron chi connectivity index (χ2n) is 6.53. The van der Waals surface area contributed by atoms with Crippen LogP contribution in [0, 0.1) is 0 Å². The zero-order chi connectivity index (χ0) is 19.4. The van der Waals surface area contributed by atoms with Gasteiger partial charge in [0, 0.05) is 17.1 Å². The highest BCUT2D eigenvalue weighted by Gasteiger charge is 2.14. The van der Waals surface area contributed by atoms with Crippen LogP contribution in [0.4, 0.5) is 5.69 Å². The summed E-state index contributed by atoms with van der Waals surface area (Å²) in [5.74, 6) is 0. The molecule has 1 unspecified atom stereocenters. The normalized spacial score (nSPS) is 14.2. The Bertz CT molecular complexity index is 691. The van der Waals surface area contributed by atoms with Gasteiger partial charge in [-0.3, -0.25) is 0 Å². The third-order valence-corrected chi connectivity index (χ3v) is 4.54. The average molecular weight is 356 g/mol. The van der Waals surface area contributed by atoms with Gasteiger partial charge in [-0.05, 0) is 56.0 Å². The highest BCUT2D eigenvalue weighted by molar-refractivity contribution is 5.81. The number of nitrogens with one attached hydrogen (secondary N) is 1. The Morgan fingerprint density at radius 2 is 1.73 bits per heavy atom. The molecule has 1 aromatic carbocycles. The lowest BCUT2D eigenvalue weighted by Gasteiger charge is -2.24. The predicted molar refractivity (Wildman–Crippen MR) is 117 cm³/mol. The molecule has 0 spiro atoms. The standard InChI is InChI=1S/C18H21NO.C4H10.C2H6/c1-3-17(14-6-4-13(2)5-7-14)19-16-8-9-18-15(12-16)10-11-20-18;1-3-4-2;1-2/h4,6,8-12,17,19H,3,5,7H2,1-2H3;3-4H2,1-2H3;1-2H3. The third kappa shape index (κ3) is 6.74. The SMILES string of the molecule is CC.CCC(Nc1ccc2occc2c1)C1=CC=C(C)CC1.CCCC. The molecule has 0 fully saturated rings. The van der Waals surface area contributed by atoms with Crippen LogP contribution in [0.1, 0.15) is 73.6 Å². The Balaban J connectivity index is 0.000000500. The van der Waals surface area contributed by atoms with E-state index >= 15 is 0 Å². The number of hydrogen-bond donors (Lipinski definition) is 1. The van der Waals surface area contributed by atoms with Gasteiger partial charge in [-0.25, -0.2) is 0 Å². The number of rotatable bonds is 5. The molecule has 0 saturated carbocycles. The predicted octanol–water partition coefficient (Wildman–Crippen LogP) is 8.12. The molecular weight excluding hydrogens is 318 g/mol. The number of hydrogen-bond acceptors (Lipinski definition) is 2. The van der Waals surface area contributed by atoms with E-state index in [1.807, 2.05) is 26.0 Å². The van der Waals surface area contributed by atoms with E-state index in [1.54, 1.807) is 6.26 Å². The van der Waals surface area contributed by atoms with Gasteiger partial charge in [0.1, 0.15) is 5.58 Å². The molecule has 1 N–H and O–H groups in total. The fourth-order valence-corrected chi connectivity index (χ4v) is 2.76. The molecule has 0 radical (unpaired) electrons. The number of fused-ring (bicyclic) bond motifs is 1. The molecule has 26 heavy (non-hydrogen) atoms. The Morgan fingerprint density at radius 1 is 1.00 bits per heavy atom. The first-order chi connectivity index (χ1) is 12.7. The van der Waals surface area contributed by atoms with Crippen molar-refractivity contribution in [3.63, 3.8) is 0 Å². The van der Waals surface area contributed by atoms with Gasteiger partial charge >= 0.3 is 0 Å². The maximum absolute atomic E-state index is 5.39. The van der Waals surface area contributed by atoms with Crippen LogP contribution in [0.15, 0.2) is 58.2 Å². The van der Waals surface area contributed by atoms with E-state index in [1.165, 1.54) is 36.8 Å². The van der Waals surface area contributed by atoms with Gasteiger partial charge < -0.3 is 9.73 Å². The van der Waals surface area contributed by atoms with Crippen molar-refractivity contribution in [1.82, 2.24) is 0 Å². The molecule has 1 heterocycles. The Kier molecular flexibility index (Phi) is 10.5. The Morgan fingerprint density at radius 3 is 2.31 bits per heavy atom. The van der Waals surface area contributed by atoms with Crippen molar-refractivity contribution in [3.8, 4) is 0 Å². The number of anilines is 1. The molecular formula is C24H37NO. The van der Waals surface area contributed by atoms with Gasteiger partial charge in [-0.15, -0.1) is 0 Å². The number of allylic oxidation sites excluding steroid dienone is 3. The Labute approximate surface area is 160 Å². The first kappa shape index (κ1) is 22.1. The van der Waals surface area contributed by atoms with Crippen LogP contribution in [-0.4, -0.2) is 6.04 Å². The monoisotopic (exact) mass is 355 g/mol. The van der Waals surface area contributed by atoms with E-state index < -0.39 is 0 Å². The smallest absolute Gasteiger partial charge is 0.133 e. The van der Waals surface area contributed by atoms with Crippen molar-refractivity contribution < 1.29 is 4.42 Å². The number of furan rings is 1. The van der Waals surface area contributed by atoms with Gasteiger partial charge in [0.15, 0.2) is 0 Å². The maximum Gasteiger partial charge on any atom is 0.133 e. The van der Waals surface area contributed by atoms with Crippen molar-refractivity contribution in [3.05, 3.63) is 53.8 Å². The summed E-state index contributed by atoms with van der Waals surface area (Å²) in [4.78, 5) is 0. The summed E-state index contributed by atoms with van der Waals surface area (Å²) in [6.45, 7) is 12.8. The van der Waals surface area contributed by atoms with E-state index in [2.05, 4.69) is 57.3 Å². The molecule has 2 heteroatoms. The fourth-order valence-electron chi connectivity index (χ4n) is 2.76. The summed E-state index contributed by atoms with van der Waals surface area (Å²) < 4.78 is 5.39. The lowest BCUT2D eigenvalue weighted by molar-refractivity contribution is 0.616. The highest BCUT2D eigenvalue weighted by atomic mass is 16.3. The summed E-state index contributed by atoms with van der Waals surface area (Å²) in [5, 5.41) is 4.81. The van der Waals surface area contributed by atoms with Crippen LogP contribution in [0.2, 0.25) is 0 Å². The molecule has 0 saturated heterocycles. The lowest BCUT2D eigenvalue weighted by Crippen LogP contribution is -2.22. The minimum Gasteiger partial charge on any atom is -0.464 e. The van der Waals surface area contributed by atoms with Crippen molar-refractivity contribution in [2.75, 3.05) is 5.32 Å². The minimum absolute atomic E-state index is 0.420. The molecule has 2 nitrogen and oxygen atoms in total. The second kappa shape index (κ2) is 12.4. The van der Waals surface area contributed by atoms with Crippen LogP contribution in [-0.2, 0) is 0 Å². The highest BCUT2D eigenvalue weighted by Crippen LogP contribution is 2.26. The van der Waals surface area contributed by atoms with Gasteiger partial charge in [0.05, 0.1) is 6.26 Å². The summed E-state index contributed by atoms with van der Waals surface area (Å²) in [5.41, 5.74) is 5.09. The van der Waals surface area contributed by atoms with Gasteiger partial charge in [0.25, 0.3) is 0 Å². The maximum atomic E-state index is 5.39. The van der Waals surface area contributed by atoms with E-state index in [4.69, 9.17) is 4.42 Å².